The van der Waals surface area contributed by atoms with Crippen molar-refractivity contribution in [1.82, 2.24) is 10.2 Å². The smallest absolute Gasteiger partial charge is 0.407 e. The van der Waals surface area contributed by atoms with Crippen molar-refractivity contribution in [3.8, 4) is 0 Å². The second kappa shape index (κ2) is 8.30. The number of hydrogen-bond donors (Lipinski definition) is 1. The number of rotatable bonds is 5. The van der Waals surface area contributed by atoms with Gasteiger partial charge in [-0.2, -0.15) is 0 Å². The van der Waals surface area contributed by atoms with Crippen LogP contribution in [0.25, 0.3) is 0 Å². The maximum atomic E-state index is 12.4. The lowest BCUT2D eigenvalue weighted by Gasteiger charge is -2.44. The lowest BCUT2D eigenvalue weighted by Crippen LogP contribution is -2.49. The van der Waals surface area contributed by atoms with Gasteiger partial charge in [-0.15, -0.1) is 0 Å². The Morgan fingerprint density at radius 1 is 1.27 bits per heavy atom. The second-order valence-electron chi connectivity index (χ2n) is 7.26. The summed E-state index contributed by atoms with van der Waals surface area (Å²) in [5.41, 5.74) is 1.28. The number of ether oxygens (including phenoxy) is 1. The zero-order valence-electron chi connectivity index (χ0n) is 15.3. The molecule has 2 amide bonds. The Hall–Kier alpha value is -1.75. The number of nitrogens with one attached hydrogen (secondary N) is 1. The van der Waals surface area contributed by atoms with Crippen LogP contribution in [0.5, 0.6) is 0 Å². The van der Waals surface area contributed by atoms with Gasteiger partial charge in [-0.05, 0) is 62.6 Å². The molecule has 1 N–H and O–H groups in total. The van der Waals surface area contributed by atoms with Crippen molar-refractivity contribution in [1.29, 1.82) is 0 Å². The van der Waals surface area contributed by atoms with E-state index in [1.165, 1.54) is 5.56 Å². The maximum Gasteiger partial charge on any atom is 0.407 e. The van der Waals surface area contributed by atoms with Crippen molar-refractivity contribution >= 4 is 23.6 Å². The summed E-state index contributed by atoms with van der Waals surface area (Å²) in [6, 6.07) is 8.13. The lowest BCUT2D eigenvalue weighted by molar-refractivity contribution is -0.132. The minimum absolute atomic E-state index is 0.0510. The molecular weight excluding hydrogens is 352 g/mol. The van der Waals surface area contributed by atoms with Gasteiger partial charge in [0.1, 0.15) is 6.61 Å². The van der Waals surface area contributed by atoms with Crippen molar-refractivity contribution in [2.75, 3.05) is 19.7 Å². The van der Waals surface area contributed by atoms with E-state index in [1.54, 1.807) is 0 Å². The van der Waals surface area contributed by atoms with Crippen LogP contribution in [0.1, 0.15) is 56.9 Å². The summed E-state index contributed by atoms with van der Waals surface area (Å²) in [7, 11) is 0. The molecule has 1 aliphatic heterocycles. The van der Waals surface area contributed by atoms with Gasteiger partial charge in [0.2, 0.25) is 5.91 Å². The van der Waals surface area contributed by atoms with E-state index in [1.807, 2.05) is 24.0 Å². The van der Waals surface area contributed by atoms with Crippen molar-refractivity contribution in [3.05, 3.63) is 34.9 Å². The Kier molecular flexibility index (Phi) is 6.07. The van der Waals surface area contributed by atoms with Gasteiger partial charge in [0, 0.05) is 23.5 Å². The van der Waals surface area contributed by atoms with E-state index >= 15 is 0 Å². The predicted molar refractivity (Wildman–Crippen MR) is 101 cm³/mol. The van der Waals surface area contributed by atoms with Crippen LogP contribution >= 0.6 is 11.6 Å². The molecule has 3 rings (SSSR count). The molecule has 6 heteroatoms. The number of alkyl carbamates (subject to hydrolysis) is 1. The Bertz CT molecular complexity index is 639. The van der Waals surface area contributed by atoms with E-state index in [0.717, 1.165) is 37.1 Å². The first kappa shape index (κ1) is 19.0. The number of nitrogens with zero attached hydrogens (tertiary/aromatic N) is 1. The average Bonchev–Trinajstić information content (AvgIpc) is 2.93. The fraction of sp³-hybridized carbons (Fsp3) is 0.600. The third-order valence-corrected chi connectivity index (χ3v) is 6.06. The SMILES string of the molecule is CCNC(=O)OCCN1C(=O)CCC12CCC(c1ccc(Cl)cc1)CC2. The molecule has 1 spiro atoms. The molecule has 0 atom stereocenters. The fourth-order valence-electron chi connectivity index (χ4n) is 4.40. The molecule has 0 bridgehead atoms. The molecule has 5 nitrogen and oxygen atoms in total. The maximum absolute atomic E-state index is 12.4. The third-order valence-electron chi connectivity index (χ3n) is 5.80. The number of hydrogen-bond acceptors (Lipinski definition) is 3. The number of halogens is 1. The van der Waals surface area contributed by atoms with Gasteiger partial charge in [-0.25, -0.2) is 4.79 Å². The highest BCUT2D eigenvalue weighted by Gasteiger charge is 2.46. The minimum Gasteiger partial charge on any atom is -0.448 e. The highest BCUT2D eigenvalue weighted by molar-refractivity contribution is 6.30. The number of carbonyl (C=O) groups is 2. The zero-order chi connectivity index (χ0) is 18.6. The second-order valence-corrected chi connectivity index (χ2v) is 7.70. The predicted octanol–water partition coefficient (Wildman–Crippen LogP) is 4.10. The highest BCUT2D eigenvalue weighted by atomic mass is 35.5. The van der Waals surface area contributed by atoms with Crippen molar-refractivity contribution < 1.29 is 14.3 Å². The number of carbonyl (C=O) groups excluding carboxylic acids is 2. The van der Waals surface area contributed by atoms with Gasteiger partial charge in [0.05, 0.1) is 6.54 Å². The van der Waals surface area contributed by atoms with Gasteiger partial charge in [0.25, 0.3) is 0 Å². The fourth-order valence-corrected chi connectivity index (χ4v) is 4.53. The van der Waals surface area contributed by atoms with Crippen molar-refractivity contribution in [2.45, 2.75) is 56.9 Å². The van der Waals surface area contributed by atoms with Crippen LogP contribution in [0.2, 0.25) is 5.02 Å². The summed E-state index contributed by atoms with van der Waals surface area (Å²) in [6.07, 6.45) is 5.26. The molecule has 142 valence electrons. The summed E-state index contributed by atoms with van der Waals surface area (Å²) in [6.45, 7) is 3.12. The van der Waals surface area contributed by atoms with Gasteiger partial charge >= 0.3 is 6.09 Å². The van der Waals surface area contributed by atoms with Crippen LogP contribution in [0.15, 0.2) is 24.3 Å². The normalized spacial score (nSPS) is 25.5. The molecule has 1 heterocycles. The van der Waals surface area contributed by atoms with E-state index in [-0.39, 0.29) is 18.1 Å². The van der Waals surface area contributed by atoms with E-state index in [0.29, 0.717) is 25.4 Å². The third kappa shape index (κ3) is 4.14. The quantitative estimate of drug-likeness (QED) is 0.838. The van der Waals surface area contributed by atoms with Gasteiger partial charge < -0.3 is 15.0 Å². The Morgan fingerprint density at radius 2 is 1.96 bits per heavy atom. The standard InChI is InChI=1S/C20H27ClN2O3/c1-2-22-19(25)26-14-13-23-18(24)9-12-20(23)10-7-16(8-11-20)15-3-5-17(21)6-4-15/h3-6,16H,2,7-14H2,1H3,(H,22,25). The largest absolute Gasteiger partial charge is 0.448 e. The van der Waals surface area contributed by atoms with Gasteiger partial charge in [-0.3, -0.25) is 4.79 Å². The molecular formula is C20H27ClN2O3. The van der Waals surface area contributed by atoms with Gasteiger partial charge in [-0.1, -0.05) is 23.7 Å². The first-order valence-electron chi connectivity index (χ1n) is 9.50. The number of likely N-dealkylation sites (tertiary alicyclic amines) is 1. The molecule has 1 aliphatic carbocycles. The van der Waals surface area contributed by atoms with Crippen LogP contribution in [-0.2, 0) is 9.53 Å². The monoisotopic (exact) mass is 378 g/mol. The van der Waals surface area contributed by atoms with Crippen molar-refractivity contribution in [2.24, 2.45) is 0 Å². The molecule has 1 saturated carbocycles. The van der Waals surface area contributed by atoms with Crippen LogP contribution in [0.4, 0.5) is 4.79 Å². The van der Waals surface area contributed by atoms with Crippen LogP contribution in [0, 0.1) is 0 Å². The molecule has 2 aliphatic rings. The van der Waals surface area contributed by atoms with Crippen LogP contribution in [-0.4, -0.2) is 42.1 Å². The topological polar surface area (TPSA) is 58.6 Å². The minimum atomic E-state index is -0.417. The average molecular weight is 379 g/mol. The van der Waals surface area contributed by atoms with E-state index in [4.69, 9.17) is 16.3 Å². The summed E-state index contributed by atoms with van der Waals surface area (Å²) in [5.74, 6) is 0.719. The Balaban J connectivity index is 1.57. The summed E-state index contributed by atoms with van der Waals surface area (Å²) in [5, 5.41) is 3.37. The molecule has 0 radical (unpaired) electrons. The Labute approximate surface area is 160 Å². The van der Waals surface area contributed by atoms with E-state index in [2.05, 4.69) is 17.4 Å². The molecule has 1 saturated heterocycles. The molecule has 0 aromatic heterocycles. The Morgan fingerprint density at radius 3 is 2.62 bits per heavy atom. The van der Waals surface area contributed by atoms with Crippen molar-refractivity contribution in [3.63, 3.8) is 0 Å². The summed E-state index contributed by atoms with van der Waals surface area (Å²) in [4.78, 5) is 25.8. The van der Waals surface area contributed by atoms with E-state index < -0.39 is 6.09 Å². The number of benzene rings is 1. The summed E-state index contributed by atoms with van der Waals surface area (Å²) < 4.78 is 5.17. The molecule has 0 unspecified atom stereocenters. The van der Waals surface area contributed by atoms with Gasteiger partial charge in [0.15, 0.2) is 0 Å². The molecule has 1 aromatic carbocycles. The molecule has 1 aromatic rings. The number of amides is 2. The molecule has 2 fully saturated rings. The van der Waals surface area contributed by atoms with Crippen LogP contribution in [0.3, 0.4) is 0 Å². The highest BCUT2D eigenvalue weighted by Crippen LogP contribution is 2.46. The first-order chi connectivity index (χ1) is 12.5. The zero-order valence-corrected chi connectivity index (χ0v) is 16.1. The first-order valence-corrected chi connectivity index (χ1v) is 9.88. The lowest BCUT2D eigenvalue weighted by atomic mass is 9.73. The summed E-state index contributed by atoms with van der Waals surface area (Å²) >= 11 is 5.99. The van der Waals surface area contributed by atoms with Crippen LogP contribution < -0.4 is 5.32 Å². The van der Waals surface area contributed by atoms with E-state index in [9.17, 15) is 9.59 Å². The molecule has 26 heavy (non-hydrogen) atoms.